The highest BCUT2D eigenvalue weighted by atomic mass is 79.9. The van der Waals surface area contributed by atoms with Gasteiger partial charge in [0.2, 0.25) is 0 Å². The van der Waals surface area contributed by atoms with E-state index in [1.807, 2.05) is 0 Å². The van der Waals surface area contributed by atoms with Crippen LogP contribution in [0.3, 0.4) is 0 Å². The molecule has 0 saturated carbocycles. The van der Waals surface area contributed by atoms with E-state index in [-0.39, 0.29) is 13.1 Å². The summed E-state index contributed by atoms with van der Waals surface area (Å²) in [6.07, 6.45) is 0. The van der Waals surface area contributed by atoms with Crippen LogP contribution in [0.15, 0.2) is 11.1 Å². The lowest BCUT2D eigenvalue weighted by Crippen LogP contribution is -2.43. The topological polar surface area (TPSA) is 46.6 Å². The number of carbonyl (C=O) groups is 2. The second kappa shape index (κ2) is 3.82. The summed E-state index contributed by atoms with van der Waals surface area (Å²) in [5, 5.41) is 0. The number of cyclic esters (lactones) is 2. The third-order valence-corrected chi connectivity index (χ3v) is 1.58. The maximum Gasteiger partial charge on any atom is 0.327 e. The average Bonchev–Trinajstić information content (AvgIpc) is 1.81. The van der Waals surface area contributed by atoms with E-state index in [1.54, 1.807) is 4.90 Å². The zero-order valence-corrected chi connectivity index (χ0v) is 7.96. The minimum atomic E-state index is -0.500. The molecule has 0 spiro atoms. The molecular weight excluding hydrogens is 226 g/mol. The van der Waals surface area contributed by atoms with Gasteiger partial charge in [0.05, 0.1) is 13.1 Å². The van der Waals surface area contributed by atoms with Gasteiger partial charge in [-0.1, -0.05) is 22.5 Å². The molecule has 1 saturated heterocycles. The first-order chi connectivity index (χ1) is 5.58. The second-order valence-electron chi connectivity index (χ2n) is 2.51. The van der Waals surface area contributed by atoms with E-state index in [2.05, 4.69) is 27.2 Å². The Bertz CT molecular complexity index is 220. The summed E-state index contributed by atoms with van der Waals surface area (Å²) in [5.41, 5.74) is 0. The fraction of sp³-hybridized carbons (Fsp3) is 0.429. The molecule has 1 aliphatic rings. The highest BCUT2D eigenvalue weighted by Gasteiger charge is 2.24. The molecule has 0 N–H and O–H groups in total. The Morgan fingerprint density at radius 2 is 2.00 bits per heavy atom. The number of hydrogen-bond acceptors (Lipinski definition) is 4. The quantitative estimate of drug-likeness (QED) is 0.508. The molecule has 0 atom stereocenters. The Kier molecular flexibility index (Phi) is 2.99. The van der Waals surface area contributed by atoms with Crippen LogP contribution in [0, 0.1) is 0 Å². The number of esters is 2. The van der Waals surface area contributed by atoms with Crippen LogP contribution in [0.5, 0.6) is 0 Å². The predicted octanol–water partition coefficient (Wildman–Crippen LogP) is 0.280. The number of carbonyl (C=O) groups excluding carboxylic acids is 2. The summed E-state index contributed by atoms with van der Waals surface area (Å²) < 4.78 is 5.07. The van der Waals surface area contributed by atoms with Gasteiger partial charge in [-0.25, -0.2) is 0 Å². The number of ether oxygens (including phenoxy) is 1. The summed E-state index contributed by atoms with van der Waals surface area (Å²) in [6, 6.07) is 0. The van der Waals surface area contributed by atoms with Crippen molar-refractivity contribution in [3.8, 4) is 0 Å². The SMILES string of the molecule is C=C(Br)CN1CC(=O)OC(=O)C1. The normalized spacial score (nSPS) is 19.1. The Morgan fingerprint density at radius 3 is 2.42 bits per heavy atom. The lowest BCUT2D eigenvalue weighted by molar-refractivity contribution is -0.166. The van der Waals surface area contributed by atoms with E-state index in [9.17, 15) is 9.59 Å². The second-order valence-corrected chi connectivity index (χ2v) is 3.63. The van der Waals surface area contributed by atoms with Crippen molar-refractivity contribution in [1.82, 2.24) is 4.90 Å². The zero-order chi connectivity index (χ0) is 9.14. The molecule has 1 heterocycles. The van der Waals surface area contributed by atoms with Crippen molar-refractivity contribution in [3.05, 3.63) is 11.1 Å². The van der Waals surface area contributed by atoms with Gasteiger partial charge >= 0.3 is 11.9 Å². The Morgan fingerprint density at radius 1 is 1.50 bits per heavy atom. The van der Waals surface area contributed by atoms with E-state index in [4.69, 9.17) is 0 Å². The predicted molar refractivity (Wildman–Crippen MR) is 45.6 cm³/mol. The third-order valence-electron chi connectivity index (χ3n) is 1.33. The molecule has 0 aromatic rings. The van der Waals surface area contributed by atoms with Crippen LogP contribution in [0.2, 0.25) is 0 Å². The van der Waals surface area contributed by atoms with Crippen LogP contribution in [0.25, 0.3) is 0 Å². The maximum atomic E-state index is 10.7. The number of morpholine rings is 1. The van der Waals surface area contributed by atoms with Crippen LogP contribution >= 0.6 is 15.9 Å². The molecule has 0 aromatic carbocycles. The van der Waals surface area contributed by atoms with Crippen LogP contribution in [-0.4, -0.2) is 36.5 Å². The van der Waals surface area contributed by atoms with Crippen LogP contribution in [0.4, 0.5) is 0 Å². The van der Waals surface area contributed by atoms with E-state index >= 15 is 0 Å². The van der Waals surface area contributed by atoms with Gasteiger partial charge in [0.25, 0.3) is 0 Å². The summed E-state index contributed by atoms with van der Waals surface area (Å²) in [5.74, 6) is -1.000. The number of nitrogens with zero attached hydrogens (tertiary/aromatic N) is 1. The molecule has 0 aromatic heterocycles. The molecule has 1 aliphatic heterocycles. The first-order valence-electron chi connectivity index (χ1n) is 3.37. The monoisotopic (exact) mass is 233 g/mol. The van der Waals surface area contributed by atoms with Crippen LogP contribution < -0.4 is 0 Å². The average molecular weight is 234 g/mol. The van der Waals surface area contributed by atoms with Crippen molar-refractivity contribution in [3.63, 3.8) is 0 Å². The molecule has 1 rings (SSSR count). The van der Waals surface area contributed by atoms with Gasteiger partial charge in [-0.2, -0.15) is 0 Å². The Labute approximate surface area is 78.3 Å². The van der Waals surface area contributed by atoms with Crippen molar-refractivity contribution >= 4 is 27.9 Å². The molecule has 0 unspecified atom stereocenters. The van der Waals surface area contributed by atoms with Crippen LogP contribution in [0.1, 0.15) is 0 Å². The molecule has 5 heteroatoms. The van der Waals surface area contributed by atoms with Gasteiger partial charge in [0.15, 0.2) is 0 Å². The highest BCUT2D eigenvalue weighted by molar-refractivity contribution is 9.11. The molecule has 66 valence electrons. The molecule has 0 amide bonds. The lowest BCUT2D eigenvalue weighted by atomic mass is 10.4. The minimum Gasteiger partial charge on any atom is -0.391 e. The van der Waals surface area contributed by atoms with Gasteiger partial charge in [-0.15, -0.1) is 0 Å². The van der Waals surface area contributed by atoms with E-state index in [0.29, 0.717) is 6.54 Å². The van der Waals surface area contributed by atoms with Gasteiger partial charge in [-0.05, 0) is 0 Å². The van der Waals surface area contributed by atoms with Crippen molar-refractivity contribution in [2.75, 3.05) is 19.6 Å². The van der Waals surface area contributed by atoms with Crippen molar-refractivity contribution in [2.45, 2.75) is 0 Å². The molecule has 12 heavy (non-hydrogen) atoms. The van der Waals surface area contributed by atoms with Crippen molar-refractivity contribution in [2.24, 2.45) is 0 Å². The first kappa shape index (κ1) is 9.41. The molecular formula is C7H8BrNO3. The molecule has 1 fully saturated rings. The Hall–Kier alpha value is -0.680. The van der Waals surface area contributed by atoms with Gasteiger partial charge in [0.1, 0.15) is 0 Å². The van der Waals surface area contributed by atoms with Crippen LogP contribution in [-0.2, 0) is 14.3 Å². The van der Waals surface area contributed by atoms with E-state index < -0.39 is 11.9 Å². The highest BCUT2D eigenvalue weighted by Crippen LogP contribution is 2.07. The largest absolute Gasteiger partial charge is 0.391 e. The first-order valence-corrected chi connectivity index (χ1v) is 4.16. The van der Waals surface area contributed by atoms with Gasteiger partial charge in [-0.3, -0.25) is 14.5 Å². The summed E-state index contributed by atoms with van der Waals surface area (Å²) in [7, 11) is 0. The maximum absolute atomic E-state index is 10.7. The smallest absolute Gasteiger partial charge is 0.327 e. The number of hydrogen-bond donors (Lipinski definition) is 0. The van der Waals surface area contributed by atoms with Crippen molar-refractivity contribution < 1.29 is 14.3 Å². The summed E-state index contributed by atoms with van der Waals surface area (Å²) in [6.45, 7) is 4.40. The standard InChI is InChI=1S/C7H8BrNO3/c1-5(8)2-9-3-6(10)12-7(11)4-9/h1-4H2. The molecule has 4 nitrogen and oxygen atoms in total. The van der Waals surface area contributed by atoms with E-state index in [1.165, 1.54) is 0 Å². The van der Waals surface area contributed by atoms with Gasteiger partial charge < -0.3 is 4.74 Å². The van der Waals surface area contributed by atoms with Gasteiger partial charge in [0, 0.05) is 11.0 Å². The summed E-state index contributed by atoms with van der Waals surface area (Å²) in [4.78, 5) is 23.1. The van der Waals surface area contributed by atoms with E-state index in [0.717, 1.165) is 4.48 Å². The molecule has 0 aliphatic carbocycles. The molecule has 0 bridgehead atoms. The number of halogens is 1. The zero-order valence-electron chi connectivity index (χ0n) is 6.38. The third kappa shape index (κ3) is 2.75. The number of rotatable bonds is 2. The van der Waals surface area contributed by atoms with Crippen molar-refractivity contribution in [1.29, 1.82) is 0 Å². The fourth-order valence-electron chi connectivity index (χ4n) is 0.967. The fourth-order valence-corrected chi connectivity index (χ4v) is 1.32. The summed E-state index contributed by atoms with van der Waals surface area (Å²) >= 11 is 3.15. The minimum absolute atomic E-state index is 0.149. The Balaban J connectivity index is 2.49. The lowest BCUT2D eigenvalue weighted by Gasteiger charge is -2.23. The molecule has 0 radical (unpaired) electrons.